The Morgan fingerprint density at radius 3 is 2.44 bits per heavy atom. The second-order valence-corrected chi connectivity index (χ2v) is 5.72. The highest BCUT2D eigenvalue weighted by Gasteiger charge is 2.13. The topological polar surface area (TPSA) is 108 Å². The first-order chi connectivity index (χ1) is 12.9. The highest BCUT2D eigenvalue weighted by Crippen LogP contribution is 2.29. The zero-order valence-corrected chi connectivity index (χ0v) is 15.1. The van der Waals surface area contributed by atoms with Crippen molar-refractivity contribution in [2.45, 2.75) is 19.8 Å². The highest BCUT2D eigenvalue weighted by atomic mass is 16.6. The van der Waals surface area contributed by atoms with E-state index in [-0.39, 0.29) is 29.5 Å². The lowest BCUT2D eigenvalue weighted by atomic mass is 10.1. The third kappa shape index (κ3) is 5.81. The number of ketones is 1. The lowest BCUT2D eigenvalue weighted by Crippen LogP contribution is -2.13. The molecule has 0 radical (unpaired) electrons. The second-order valence-electron chi connectivity index (χ2n) is 5.72. The summed E-state index contributed by atoms with van der Waals surface area (Å²) in [6.45, 7) is 1.81. The zero-order chi connectivity index (χ0) is 19.8. The van der Waals surface area contributed by atoms with Gasteiger partial charge in [0.1, 0.15) is 11.5 Å². The predicted molar refractivity (Wildman–Crippen MR) is 99.5 cm³/mol. The first kappa shape index (κ1) is 19.9. The third-order valence-corrected chi connectivity index (χ3v) is 3.75. The smallest absolute Gasteiger partial charge is 0.271 e. The van der Waals surface area contributed by atoms with Gasteiger partial charge in [-0.25, -0.2) is 0 Å². The molecule has 27 heavy (non-hydrogen) atoms. The number of nitrogens with one attached hydrogen (secondary N) is 1. The molecule has 0 aliphatic carbocycles. The maximum absolute atomic E-state index is 12.1. The Bertz CT molecular complexity index is 833. The van der Waals surface area contributed by atoms with Crippen molar-refractivity contribution in [1.29, 1.82) is 0 Å². The molecule has 0 bridgehead atoms. The van der Waals surface area contributed by atoms with Crippen molar-refractivity contribution < 1.29 is 24.0 Å². The van der Waals surface area contributed by atoms with Crippen LogP contribution >= 0.6 is 0 Å². The fourth-order valence-electron chi connectivity index (χ4n) is 2.33. The summed E-state index contributed by atoms with van der Waals surface area (Å²) in [7, 11) is 1.42. The number of methoxy groups -OCH3 is 1. The number of Topliss-reactive ketones (excluding diaryl/α,β-unsaturated/α-hetero) is 1. The number of nitrogens with zero attached hydrogens (tertiary/aromatic N) is 1. The lowest BCUT2D eigenvalue weighted by Gasteiger charge is -2.10. The van der Waals surface area contributed by atoms with E-state index in [2.05, 4.69) is 5.32 Å². The summed E-state index contributed by atoms with van der Waals surface area (Å²) in [6.07, 6.45) is 0.634. The molecule has 1 N–H and O–H groups in total. The van der Waals surface area contributed by atoms with Gasteiger partial charge in [-0.05, 0) is 43.7 Å². The number of carbonyl (C=O) groups is 2. The molecule has 2 aromatic carbocycles. The van der Waals surface area contributed by atoms with Crippen LogP contribution in [0.5, 0.6) is 11.5 Å². The summed E-state index contributed by atoms with van der Waals surface area (Å²) in [4.78, 5) is 33.6. The highest BCUT2D eigenvalue weighted by molar-refractivity contribution is 5.94. The Hall–Kier alpha value is -3.42. The molecule has 0 aromatic heterocycles. The standard InChI is InChI=1S/C19H20N2O6/c1-13(22)14-5-8-16(9-6-14)27-11-3-4-19(23)20-17-12-15(21(24)25)7-10-18(17)26-2/h5-10,12H,3-4,11H2,1-2H3,(H,20,23). The van der Waals surface area contributed by atoms with Crippen molar-refractivity contribution >= 4 is 23.1 Å². The average Bonchev–Trinajstić information content (AvgIpc) is 2.65. The van der Waals surface area contributed by atoms with E-state index < -0.39 is 4.92 Å². The van der Waals surface area contributed by atoms with E-state index in [0.29, 0.717) is 30.1 Å². The quantitative estimate of drug-likeness (QED) is 0.312. The largest absolute Gasteiger partial charge is 0.495 e. The number of nitro groups is 1. The van der Waals surface area contributed by atoms with Crippen LogP contribution in [0.3, 0.4) is 0 Å². The van der Waals surface area contributed by atoms with Gasteiger partial charge in [0, 0.05) is 24.1 Å². The number of hydrogen-bond acceptors (Lipinski definition) is 6. The van der Waals surface area contributed by atoms with E-state index in [1.807, 2.05) is 0 Å². The summed E-state index contributed by atoms with van der Waals surface area (Å²) >= 11 is 0. The summed E-state index contributed by atoms with van der Waals surface area (Å²) in [5.41, 5.74) is 0.716. The number of anilines is 1. The van der Waals surface area contributed by atoms with Crippen molar-refractivity contribution in [1.82, 2.24) is 0 Å². The molecule has 0 saturated heterocycles. The molecule has 0 atom stereocenters. The maximum atomic E-state index is 12.1. The molecule has 8 heteroatoms. The number of benzene rings is 2. The van der Waals surface area contributed by atoms with E-state index >= 15 is 0 Å². The normalized spacial score (nSPS) is 10.1. The van der Waals surface area contributed by atoms with Gasteiger partial charge in [0.25, 0.3) is 5.69 Å². The Kier molecular flexibility index (Phi) is 6.87. The molecule has 0 spiro atoms. The number of nitro benzene ring substituents is 1. The summed E-state index contributed by atoms with van der Waals surface area (Å²) in [5.74, 6) is 0.635. The number of amides is 1. The molecule has 1 amide bonds. The molecule has 0 heterocycles. The van der Waals surface area contributed by atoms with Crippen LogP contribution in [0.25, 0.3) is 0 Å². The molecule has 0 fully saturated rings. The number of non-ortho nitro benzene ring substituents is 1. The van der Waals surface area contributed by atoms with Gasteiger partial charge in [-0.15, -0.1) is 0 Å². The molecule has 2 aromatic rings. The van der Waals surface area contributed by atoms with Crippen LogP contribution in [0.4, 0.5) is 11.4 Å². The second kappa shape index (κ2) is 9.33. The van der Waals surface area contributed by atoms with E-state index in [0.717, 1.165) is 0 Å². The van der Waals surface area contributed by atoms with Crippen molar-refractivity contribution in [3.8, 4) is 11.5 Å². The minimum atomic E-state index is -0.541. The van der Waals surface area contributed by atoms with Crippen LogP contribution in [-0.2, 0) is 4.79 Å². The monoisotopic (exact) mass is 372 g/mol. The lowest BCUT2D eigenvalue weighted by molar-refractivity contribution is -0.384. The van der Waals surface area contributed by atoms with Crippen LogP contribution in [0.15, 0.2) is 42.5 Å². The summed E-state index contributed by atoms with van der Waals surface area (Å²) in [5, 5.41) is 13.5. The van der Waals surface area contributed by atoms with Crippen LogP contribution in [0, 0.1) is 10.1 Å². The number of ether oxygens (including phenoxy) is 2. The zero-order valence-electron chi connectivity index (χ0n) is 15.1. The van der Waals surface area contributed by atoms with Gasteiger partial charge < -0.3 is 14.8 Å². The Morgan fingerprint density at radius 1 is 1.15 bits per heavy atom. The van der Waals surface area contributed by atoms with Gasteiger partial charge in [-0.2, -0.15) is 0 Å². The van der Waals surface area contributed by atoms with Gasteiger partial charge in [0.2, 0.25) is 5.91 Å². The van der Waals surface area contributed by atoms with Gasteiger partial charge >= 0.3 is 0 Å². The molecule has 0 aliphatic heterocycles. The molecule has 0 aliphatic rings. The van der Waals surface area contributed by atoms with Gasteiger partial charge in [0.05, 0.1) is 24.3 Å². The van der Waals surface area contributed by atoms with Crippen molar-refractivity contribution in [2.24, 2.45) is 0 Å². The predicted octanol–water partition coefficient (Wildman–Crippen LogP) is 3.60. The van der Waals surface area contributed by atoms with Crippen molar-refractivity contribution in [2.75, 3.05) is 19.0 Å². The first-order valence-electron chi connectivity index (χ1n) is 8.27. The fourth-order valence-corrected chi connectivity index (χ4v) is 2.33. The van der Waals surface area contributed by atoms with Gasteiger partial charge in [-0.3, -0.25) is 19.7 Å². The van der Waals surface area contributed by atoms with E-state index in [9.17, 15) is 19.7 Å². The Morgan fingerprint density at radius 2 is 1.85 bits per heavy atom. The summed E-state index contributed by atoms with van der Waals surface area (Å²) in [6, 6.07) is 10.7. The fraction of sp³-hybridized carbons (Fsp3) is 0.263. The Balaban J connectivity index is 1.83. The number of rotatable bonds is 9. The SMILES string of the molecule is COc1ccc([N+](=O)[O-])cc1NC(=O)CCCOc1ccc(C(C)=O)cc1. The molecule has 142 valence electrons. The molecular formula is C19H20N2O6. The molecule has 0 saturated carbocycles. The van der Waals surface area contributed by atoms with Gasteiger partial charge in [-0.1, -0.05) is 0 Å². The van der Waals surface area contributed by atoms with Crippen LogP contribution < -0.4 is 14.8 Å². The first-order valence-corrected chi connectivity index (χ1v) is 8.27. The summed E-state index contributed by atoms with van der Waals surface area (Å²) < 4.78 is 10.6. The van der Waals surface area contributed by atoms with Crippen LogP contribution in [0.2, 0.25) is 0 Å². The minimum absolute atomic E-state index is 0.0187. The number of carbonyl (C=O) groups excluding carboxylic acids is 2. The molecule has 0 unspecified atom stereocenters. The molecule has 2 rings (SSSR count). The van der Waals surface area contributed by atoms with E-state index in [1.165, 1.54) is 32.2 Å². The van der Waals surface area contributed by atoms with Gasteiger partial charge in [0.15, 0.2) is 5.78 Å². The van der Waals surface area contributed by atoms with E-state index in [1.54, 1.807) is 24.3 Å². The van der Waals surface area contributed by atoms with Crippen molar-refractivity contribution in [3.05, 3.63) is 58.1 Å². The van der Waals surface area contributed by atoms with Crippen molar-refractivity contribution in [3.63, 3.8) is 0 Å². The Labute approximate surface area is 156 Å². The number of hydrogen-bond donors (Lipinski definition) is 1. The maximum Gasteiger partial charge on any atom is 0.271 e. The van der Waals surface area contributed by atoms with E-state index in [4.69, 9.17) is 9.47 Å². The van der Waals surface area contributed by atoms with Crippen LogP contribution in [-0.4, -0.2) is 30.3 Å². The molecular weight excluding hydrogens is 352 g/mol. The average molecular weight is 372 g/mol. The van der Waals surface area contributed by atoms with Crippen LogP contribution in [0.1, 0.15) is 30.1 Å². The molecule has 8 nitrogen and oxygen atoms in total. The third-order valence-electron chi connectivity index (χ3n) is 3.75. The minimum Gasteiger partial charge on any atom is -0.495 e.